The van der Waals surface area contributed by atoms with Crippen LogP contribution in [0, 0.1) is 0 Å². The number of aromatic nitrogens is 1. The summed E-state index contributed by atoms with van der Waals surface area (Å²) in [5.41, 5.74) is 5.49. The topological polar surface area (TPSA) is 47.0 Å². The van der Waals surface area contributed by atoms with Gasteiger partial charge in [0.1, 0.15) is 12.6 Å². The molecule has 0 spiro atoms. The summed E-state index contributed by atoms with van der Waals surface area (Å²) in [4.78, 5) is 10.6. The average molecular weight is 172 g/mol. The standard InChI is InChI=1S/C7H7ClN2O/c1-10-4-5(7(9)11)2-3-6(10)8/h2-4H,1H3,(H-,9,11)/p+1. The Morgan fingerprint density at radius 2 is 2.27 bits per heavy atom. The minimum Gasteiger partial charge on any atom is -0.365 e. The van der Waals surface area contributed by atoms with Crippen molar-refractivity contribution in [2.24, 2.45) is 12.8 Å². The second-order valence-electron chi connectivity index (χ2n) is 2.22. The third kappa shape index (κ3) is 1.68. The van der Waals surface area contributed by atoms with E-state index in [1.54, 1.807) is 29.9 Å². The molecule has 0 saturated heterocycles. The lowest BCUT2D eigenvalue weighted by Crippen LogP contribution is -2.31. The van der Waals surface area contributed by atoms with E-state index in [2.05, 4.69) is 0 Å². The van der Waals surface area contributed by atoms with Gasteiger partial charge in [-0.2, -0.15) is 4.57 Å². The average Bonchev–Trinajstić information content (AvgIpc) is 1.94. The largest absolute Gasteiger partial charge is 0.365 e. The number of nitrogens with zero attached hydrogens (tertiary/aromatic N) is 1. The first kappa shape index (κ1) is 8.01. The van der Waals surface area contributed by atoms with Crippen molar-refractivity contribution >= 4 is 17.5 Å². The number of nitrogens with two attached hydrogens (primary N) is 1. The van der Waals surface area contributed by atoms with E-state index in [4.69, 9.17) is 17.3 Å². The van der Waals surface area contributed by atoms with Crippen molar-refractivity contribution in [1.29, 1.82) is 0 Å². The normalized spacial score (nSPS) is 9.64. The predicted molar refractivity (Wildman–Crippen MR) is 41.1 cm³/mol. The quantitative estimate of drug-likeness (QED) is 0.478. The molecule has 1 heterocycles. The van der Waals surface area contributed by atoms with Crippen LogP contribution in [0.25, 0.3) is 0 Å². The van der Waals surface area contributed by atoms with Gasteiger partial charge in [-0.25, -0.2) is 0 Å². The summed E-state index contributed by atoms with van der Waals surface area (Å²) in [7, 11) is 1.74. The Labute approximate surface area is 69.4 Å². The summed E-state index contributed by atoms with van der Waals surface area (Å²) in [6.07, 6.45) is 1.59. The molecule has 0 unspecified atom stereocenters. The first-order valence-corrected chi connectivity index (χ1v) is 3.44. The fraction of sp³-hybridized carbons (Fsp3) is 0.143. The zero-order valence-corrected chi connectivity index (χ0v) is 6.80. The molecule has 0 aliphatic rings. The molecular formula is C7H8ClN2O+. The van der Waals surface area contributed by atoms with Gasteiger partial charge in [-0.1, -0.05) is 0 Å². The number of carbonyl (C=O) groups excluding carboxylic acids is 1. The van der Waals surface area contributed by atoms with Gasteiger partial charge in [0.2, 0.25) is 0 Å². The Morgan fingerprint density at radius 3 is 2.73 bits per heavy atom. The van der Waals surface area contributed by atoms with Crippen molar-refractivity contribution in [1.82, 2.24) is 0 Å². The molecule has 1 rings (SSSR count). The van der Waals surface area contributed by atoms with E-state index in [-0.39, 0.29) is 0 Å². The lowest BCUT2D eigenvalue weighted by Gasteiger charge is -1.93. The first-order chi connectivity index (χ1) is 5.11. The van der Waals surface area contributed by atoms with E-state index in [0.29, 0.717) is 10.7 Å². The zero-order chi connectivity index (χ0) is 8.43. The van der Waals surface area contributed by atoms with E-state index in [1.165, 1.54) is 0 Å². The van der Waals surface area contributed by atoms with E-state index in [9.17, 15) is 4.79 Å². The smallest absolute Gasteiger partial charge is 0.274 e. The van der Waals surface area contributed by atoms with Gasteiger partial charge in [-0.15, -0.1) is 0 Å². The second-order valence-corrected chi connectivity index (χ2v) is 2.60. The molecule has 0 aliphatic carbocycles. The van der Waals surface area contributed by atoms with Crippen LogP contribution in [0.4, 0.5) is 0 Å². The van der Waals surface area contributed by atoms with Crippen molar-refractivity contribution in [3.05, 3.63) is 29.0 Å². The molecule has 4 heteroatoms. The Bertz CT molecular complexity index is 298. The number of hydrogen-bond acceptors (Lipinski definition) is 1. The molecule has 0 aliphatic heterocycles. The highest BCUT2D eigenvalue weighted by Gasteiger charge is 2.07. The molecule has 0 aromatic carbocycles. The third-order valence-electron chi connectivity index (χ3n) is 1.35. The van der Waals surface area contributed by atoms with Crippen LogP contribution in [0.3, 0.4) is 0 Å². The number of pyridine rings is 1. The Balaban J connectivity index is 3.15. The summed E-state index contributed by atoms with van der Waals surface area (Å²) in [5.74, 6) is -0.447. The van der Waals surface area contributed by atoms with Crippen molar-refractivity contribution in [2.45, 2.75) is 0 Å². The minimum atomic E-state index is -0.447. The number of aryl methyl sites for hydroxylation is 1. The van der Waals surface area contributed by atoms with Gasteiger partial charge in [0.05, 0.1) is 0 Å². The number of hydrogen-bond donors (Lipinski definition) is 1. The molecular weight excluding hydrogens is 164 g/mol. The van der Waals surface area contributed by atoms with Crippen LogP contribution in [0.2, 0.25) is 5.15 Å². The maximum Gasteiger partial charge on any atom is 0.274 e. The Kier molecular flexibility index (Phi) is 2.10. The lowest BCUT2D eigenvalue weighted by atomic mass is 10.3. The van der Waals surface area contributed by atoms with Gasteiger partial charge in [0.25, 0.3) is 11.1 Å². The van der Waals surface area contributed by atoms with Crippen LogP contribution >= 0.6 is 11.6 Å². The van der Waals surface area contributed by atoms with E-state index in [0.717, 1.165) is 0 Å². The van der Waals surface area contributed by atoms with E-state index in [1.807, 2.05) is 0 Å². The summed E-state index contributed by atoms with van der Waals surface area (Å²) in [6, 6.07) is 3.21. The minimum absolute atomic E-state index is 0.447. The molecule has 1 aromatic heterocycles. The van der Waals surface area contributed by atoms with Crippen LogP contribution < -0.4 is 10.3 Å². The first-order valence-electron chi connectivity index (χ1n) is 3.06. The molecule has 11 heavy (non-hydrogen) atoms. The van der Waals surface area contributed by atoms with Gasteiger partial charge in [0, 0.05) is 6.07 Å². The van der Waals surface area contributed by atoms with Gasteiger partial charge in [-0.3, -0.25) is 4.79 Å². The van der Waals surface area contributed by atoms with Gasteiger partial charge < -0.3 is 5.73 Å². The highest BCUT2D eigenvalue weighted by atomic mass is 35.5. The third-order valence-corrected chi connectivity index (χ3v) is 1.75. The Morgan fingerprint density at radius 1 is 1.64 bits per heavy atom. The summed E-state index contributed by atoms with van der Waals surface area (Å²) in [5, 5.41) is 0.565. The summed E-state index contributed by atoms with van der Waals surface area (Å²) >= 11 is 5.70. The van der Waals surface area contributed by atoms with Crippen molar-refractivity contribution in [2.75, 3.05) is 0 Å². The number of rotatable bonds is 1. The molecule has 3 nitrogen and oxygen atoms in total. The van der Waals surface area contributed by atoms with Gasteiger partial charge in [0.15, 0.2) is 6.20 Å². The molecule has 1 amide bonds. The van der Waals surface area contributed by atoms with E-state index >= 15 is 0 Å². The lowest BCUT2D eigenvalue weighted by molar-refractivity contribution is -0.669. The number of primary amides is 1. The second kappa shape index (κ2) is 2.88. The monoisotopic (exact) mass is 171 g/mol. The predicted octanol–water partition coefficient (Wildman–Crippen LogP) is 0.263. The maximum atomic E-state index is 10.6. The van der Waals surface area contributed by atoms with E-state index < -0.39 is 5.91 Å². The summed E-state index contributed by atoms with van der Waals surface area (Å²) in [6.45, 7) is 0. The number of carbonyl (C=O) groups is 1. The number of halogens is 1. The number of amides is 1. The fourth-order valence-electron chi connectivity index (χ4n) is 0.735. The maximum absolute atomic E-state index is 10.6. The molecule has 0 saturated carbocycles. The zero-order valence-electron chi connectivity index (χ0n) is 6.04. The van der Waals surface area contributed by atoms with Crippen LogP contribution in [0.1, 0.15) is 10.4 Å². The molecule has 0 atom stereocenters. The Hall–Kier alpha value is -1.09. The molecule has 2 N–H and O–H groups in total. The SMILES string of the molecule is C[n+]1cc(C(N)=O)ccc1Cl. The van der Waals surface area contributed by atoms with Crippen molar-refractivity contribution in [3.63, 3.8) is 0 Å². The highest BCUT2D eigenvalue weighted by molar-refractivity contribution is 6.28. The van der Waals surface area contributed by atoms with Crippen LogP contribution in [-0.4, -0.2) is 5.91 Å². The summed E-state index contributed by atoms with van der Waals surface area (Å²) < 4.78 is 1.63. The molecule has 1 aromatic rings. The van der Waals surface area contributed by atoms with Gasteiger partial charge in [-0.05, 0) is 17.7 Å². The van der Waals surface area contributed by atoms with Crippen molar-refractivity contribution in [3.8, 4) is 0 Å². The molecule has 0 fully saturated rings. The molecule has 0 radical (unpaired) electrons. The van der Waals surface area contributed by atoms with Gasteiger partial charge >= 0.3 is 0 Å². The van der Waals surface area contributed by atoms with Crippen LogP contribution in [0.5, 0.6) is 0 Å². The molecule has 58 valence electrons. The molecule has 0 bridgehead atoms. The van der Waals surface area contributed by atoms with Crippen LogP contribution in [-0.2, 0) is 7.05 Å². The van der Waals surface area contributed by atoms with Crippen LogP contribution in [0.15, 0.2) is 18.3 Å². The fourth-order valence-corrected chi connectivity index (χ4v) is 0.847. The van der Waals surface area contributed by atoms with Crippen molar-refractivity contribution < 1.29 is 9.36 Å². The highest BCUT2D eigenvalue weighted by Crippen LogP contribution is 2.01.